The molecule has 27 heavy (non-hydrogen) atoms. The number of carbonyl (C=O) groups is 1. The summed E-state index contributed by atoms with van der Waals surface area (Å²) in [4.78, 5) is 16.3. The van der Waals surface area contributed by atoms with Crippen LogP contribution in [0.1, 0.15) is 5.56 Å². The zero-order valence-corrected chi connectivity index (χ0v) is 18.9. The SMILES string of the molecule is O=C(COc1c(Br)cc(Br)c2cccnc12)N/N=C/c1ccc(O)c(I)c1. The lowest BCUT2D eigenvalue weighted by atomic mass is 10.2. The molecule has 0 atom stereocenters. The topological polar surface area (TPSA) is 83.8 Å². The van der Waals surface area contributed by atoms with Gasteiger partial charge in [0, 0.05) is 16.1 Å². The van der Waals surface area contributed by atoms with Crippen LogP contribution < -0.4 is 10.2 Å². The Balaban J connectivity index is 1.65. The fourth-order valence-corrected chi connectivity index (χ4v) is 4.16. The quantitative estimate of drug-likeness (QED) is 0.253. The minimum atomic E-state index is -0.404. The standard InChI is InChI=1S/C18H12Br2IN3O3/c19-12-7-13(20)18(17-11(12)2-1-5-22-17)27-9-16(26)24-23-8-10-3-4-15(25)14(21)6-10/h1-8,25H,9H2,(H,24,26)/b23-8+. The van der Waals surface area contributed by atoms with E-state index in [4.69, 9.17) is 4.74 Å². The second kappa shape index (κ2) is 8.98. The number of nitrogens with zero attached hydrogens (tertiary/aromatic N) is 2. The molecule has 1 heterocycles. The number of amides is 1. The summed E-state index contributed by atoms with van der Waals surface area (Å²) < 4.78 is 7.92. The Bertz CT molecular complexity index is 1040. The van der Waals surface area contributed by atoms with E-state index in [0.29, 0.717) is 19.3 Å². The van der Waals surface area contributed by atoms with E-state index in [2.05, 4.69) is 47.4 Å². The van der Waals surface area contributed by atoms with Crippen LogP contribution in [0.2, 0.25) is 0 Å². The van der Waals surface area contributed by atoms with Gasteiger partial charge in [-0.2, -0.15) is 5.10 Å². The van der Waals surface area contributed by atoms with Crippen LogP contribution in [0.25, 0.3) is 10.9 Å². The molecule has 2 N–H and O–H groups in total. The Kier molecular flexibility index (Phi) is 6.66. The summed E-state index contributed by atoms with van der Waals surface area (Å²) in [5.41, 5.74) is 3.81. The number of hydrazone groups is 1. The maximum atomic E-state index is 12.0. The maximum absolute atomic E-state index is 12.0. The van der Waals surface area contributed by atoms with Gasteiger partial charge in [0.25, 0.3) is 5.91 Å². The number of carbonyl (C=O) groups excluding carboxylic acids is 1. The Morgan fingerprint density at radius 3 is 2.89 bits per heavy atom. The summed E-state index contributed by atoms with van der Waals surface area (Å²) in [6.07, 6.45) is 3.16. The third kappa shape index (κ3) is 4.96. The summed E-state index contributed by atoms with van der Waals surface area (Å²) >= 11 is 8.94. The molecule has 0 saturated carbocycles. The number of pyridine rings is 1. The van der Waals surface area contributed by atoms with Crippen molar-refractivity contribution in [2.75, 3.05) is 6.61 Å². The van der Waals surface area contributed by atoms with Gasteiger partial charge >= 0.3 is 0 Å². The molecular formula is C18H12Br2IN3O3. The second-order valence-electron chi connectivity index (χ2n) is 5.36. The number of phenolic OH excluding ortho intramolecular Hbond substituents is 1. The largest absolute Gasteiger partial charge is 0.507 e. The smallest absolute Gasteiger partial charge is 0.277 e. The molecule has 1 amide bonds. The average molecular weight is 605 g/mol. The van der Waals surface area contributed by atoms with Crippen molar-refractivity contribution in [2.24, 2.45) is 5.10 Å². The van der Waals surface area contributed by atoms with Crippen LogP contribution in [0.3, 0.4) is 0 Å². The lowest BCUT2D eigenvalue weighted by molar-refractivity contribution is -0.123. The number of benzene rings is 2. The Morgan fingerprint density at radius 1 is 1.30 bits per heavy atom. The number of rotatable bonds is 5. The molecule has 0 unspecified atom stereocenters. The maximum Gasteiger partial charge on any atom is 0.277 e. The fraction of sp³-hybridized carbons (Fsp3) is 0.0556. The summed E-state index contributed by atoms with van der Waals surface area (Å²) in [6.45, 7) is -0.212. The molecular weight excluding hydrogens is 593 g/mol. The Morgan fingerprint density at radius 2 is 2.11 bits per heavy atom. The molecule has 1 aromatic heterocycles. The van der Waals surface area contributed by atoms with Gasteiger partial charge in [-0.15, -0.1) is 0 Å². The van der Waals surface area contributed by atoms with Gasteiger partial charge in [-0.3, -0.25) is 9.78 Å². The van der Waals surface area contributed by atoms with Crippen LogP contribution in [-0.2, 0) is 4.79 Å². The molecule has 2 aromatic carbocycles. The molecule has 0 saturated heterocycles. The monoisotopic (exact) mass is 603 g/mol. The lowest BCUT2D eigenvalue weighted by Crippen LogP contribution is -2.24. The summed E-state index contributed by atoms with van der Waals surface area (Å²) in [7, 11) is 0. The van der Waals surface area contributed by atoms with E-state index in [0.717, 1.165) is 15.4 Å². The van der Waals surface area contributed by atoms with Crippen LogP contribution >= 0.6 is 54.5 Å². The van der Waals surface area contributed by atoms with Crippen molar-refractivity contribution >= 4 is 77.5 Å². The molecule has 0 aliphatic heterocycles. The van der Waals surface area contributed by atoms with Crippen molar-refractivity contribution in [2.45, 2.75) is 0 Å². The van der Waals surface area contributed by atoms with Gasteiger partial charge in [0.05, 0.1) is 14.3 Å². The van der Waals surface area contributed by atoms with Crippen LogP contribution in [0.4, 0.5) is 0 Å². The Labute approximate surface area is 185 Å². The molecule has 9 heteroatoms. The predicted molar refractivity (Wildman–Crippen MR) is 119 cm³/mol. The van der Waals surface area contributed by atoms with Crippen molar-refractivity contribution in [1.82, 2.24) is 10.4 Å². The lowest BCUT2D eigenvalue weighted by Gasteiger charge is -2.11. The highest BCUT2D eigenvalue weighted by Gasteiger charge is 2.13. The highest BCUT2D eigenvalue weighted by molar-refractivity contribution is 14.1. The van der Waals surface area contributed by atoms with Gasteiger partial charge in [0.2, 0.25) is 0 Å². The summed E-state index contributed by atoms with van der Waals surface area (Å²) in [5, 5.41) is 14.3. The van der Waals surface area contributed by atoms with E-state index in [9.17, 15) is 9.90 Å². The van der Waals surface area contributed by atoms with Crippen molar-refractivity contribution in [3.05, 3.63) is 60.7 Å². The van der Waals surface area contributed by atoms with E-state index >= 15 is 0 Å². The van der Waals surface area contributed by atoms with Gasteiger partial charge in [0.1, 0.15) is 11.3 Å². The van der Waals surface area contributed by atoms with Crippen molar-refractivity contribution in [3.8, 4) is 11.5 Å². The normalized spacial score (nSPS) is 11.1. The molecule has 0 fully saturated rings. The number of hydrogen-bond acceptors (Lipinski definition) is 5. The predicted octanol–water partition coefficient (Wildman–Crippen LogP) is 4.60. The Hall–Kier alpha value is -1.72. The zero-order valence-electron chi connectivity index (χ0n) is 13.6. The van der Waals surface area contributed by atoms with Crippen LogP contribution in [0.5, 0.6) is 11.5 Å². The number of aromatic hydroxyl groups is 1. The number of hydrogen-bond donors (Lipinski definition) is 2. The molecule has 0 bridgehead atoms. The van der Waals surface area contributed by atoms with Crippen LogP contribution in [-0.4, -0.2) is 28.8 Å². The van der Waals surface area contributed by atoms with Crippen molar-refractivity contribution < 1.29 is 14.6 Å². The van der Waals surface area contributed by atoms with Crippen molar-refractivity contribution in [1.29, 1.82) is 0 Å². The molecule has 138 valence electrons. The highest BCUT2D eigenvalue weighted by Crippen LogP contribution is 2.37. The third-order valence-electron chi connectivity index (χ3n) is 3.47. The number of ether oxygens (including phenoxy) is 1. The van der Waals surface area contributed by atoms with Gasteiger partial charge < -0.3 is 9.84 Å². The van der Waals surface area contributed by atoms with Gasteiger partial charge in [0.15, 0.2) is 12.4 Å². The van der Waals surface area contributed by atoms with Crippen LogP contribution in [0, 0.1) is 3.57 Å². The molecule has 3 aromatic rings. The highest BCUT2D eigenvalue weighted by atomic mass is 127. The van der Waals surface area contributed by atoms with Gasteiger partial charge in [-0.1, -0.05) is 22.0 Å². The van der Waals surface area contributed by atoms with E-state index < -0.39 is 5.91 Å². The van der Waals surface area contributed by atoms with E-state index in [-0.39, 0.29) is 12.4 Å². The second-order valence-corrected chi connectivity index (χ2v) is 8.23. The van der Waals surface area contributed by atoms with Gasteiger partial charge in [-0.05, 0) is 74.4 Å². The van der Waals surface area contributed by atoms with E-state index in [1.807, 2.05) is 40.8 Å². The summed E-state index contributed by atoms with van der Waals surface area (Å²) in [5.74, 6) is 0.283. The number of phenols is 1. The molecule has 0 radical (unpaired) electrons. The average Bonchev–Trinajstić information content (AvgIpc) is 2.64. The molecule has 0 spiro atoms. The van der Waals surface area contributed by atoms with E-state index in [1.54, 1.807) is 24.4 Å². The minimum absolute atomic E-state index is 0.200. The number of fused-ring (bicyclic) bond motifs is 1. The number of aromatic nitrogens is 1. The van der Waals surface area contributed by atoms with Crippen LogP contribution in [0.15, 0.2) is 56.6 Å². The molecule has 6 nitrogen and oxygen atoms in total. The molecule has 0 aliphatic carbocycles. The third-order valence-corrected chi connectivity index (χ3v) is 5.58. The summed E-state index contributed by atoms with van der Waals surface area (Å²) in [6, 6.07) is 10.6. The first kappa shape index (κ1) is 20.0. The first-order valence-corrected chi connectivity index (χ1v) is 10.3. The first-order chi connectivity index (χ1) is 13.0. The van der Waals surface area contributed by atoms with E-state index in [1.165, 1.54) is 6.21 Å². The molecule has 3 rings (SSSR count). The zero-order chi connectivity index (χ0) is 19.4. The first-order valence-electron chi connectivity index (χ1n) is 7.61. The van der Waals surface area contributed by atoms with Crippen molar-refractivity contribution in [3.63, 3.8) is 0 Å². The van der Waals surface area contributed by atoms with Gasteiger partial charge in [-0.25, -0.2) is 5.43 Å². The number of halogens is 3. The number of nitrogens with one attached hydrogen (secondary N) is 1. The fourth-order valence-electron chi connectivity index (χ4n) is 2.24. The molecule has 0 aliphatic rings. The minimum Gasteiger partial charge on any atom is -0.507 e.